The van der Waals surface area contributed by atoms with E-state index in [-0.39, 0.29) is 16.9 Å². The van der Waals surface area contributed by atoms with E-state index in [0.29, 0.717) is 11.5 Å². The van der Waals surface area contributed by atoms with Crippen molar-refractivity contribution in [3.8, 4) is 0 Å². The van der Waals surface area contributed by atoms with Crippen LogP contribution in [-0.2, 0) is 9.53 Å². The number of hydrogen-bond acceptors (Lipinski definition) is 6. The number of nitrogens with one attached hydrogen (secondary N) is 1. The van der Waals surface area contributed by atoms with Crippen LogP contribution in [0.15, 0.2) is 34.7 Å². The van der Waals surface area contributed by atoms with Crippen molar-refractivity contribution in [2.45, 2.75) is 26.9 Å². The van der Waals surface area contributed by atoms with E-state index in [2.05, 4.69) is 5.32 Å². The summed E-state index contributed by atoms with van der Waals surface area (Å²) in [5.41, 5.74) is 0.0225. The number of nitro groups is 1. The maximum atomic E-state index is 12.1. The summed E-state index contributed by atoms with van der Waals surface area (Å²) in [4.78, 5) is 34.5. The molecule has 0 saturated carbocycles. The quantitative estimate of drug-likeness (QED) is 0.512. The Bertz CT molecular complexity index is 796. The minimum Gasteiger partial charge on any atom is -0.466 e. The summed E-state index contributed by atoms with van der Waals surface area (Å²) in [6, 6.07) is 7.22. The number of aryl methyl sites for hydroxylation is 2. The van der Waals surface area contributed by atoms with Crippen molar-refractivity contribution in [3.63, 3.8) is 0 Å². The zero-order valence-corrected chi connectivity index (χ0v) is 13.4. The van der Waals surface area contributed by atoms with Gasteiger partial charge in [0, 0.05) is 6.07 Å². The summed E-state index contributed by atoms with van der Waals surface area (Å²) in [6.45, 7) is 4.68. The van der Waals surface area contributed by atoms with Crippen molar-refractivity contribution >= 4 is 23.3 Å². The van der Waals surface area contributed by atoms with Crippen molar-refractivity contribution in [2.75, 3.05) is 5.32 Å². The average molecular weight is 332 g/mol. The number of furan rings is 1. The highest BCUT2D eigenvalue weighted by Crippen LogP contribution is 2.23. The molecule has 126 valence electrons. The van der Waals surface area contributed by atoms with E-state index in [1.54, 1.807) is 19.9 Å². The molecule has 8 heteroatoms. The van der Waals surface area contributed by atoms with Crippen molar-refractivity contribution in [1.82, 2.24) is 0 Å². The number of para-hydroxylation sites is 2. The first-order chi connectivity index (χ1) is 11.3. The molecule has 2 rings (SSSR count). The van der Waals surface area contributed by atoms with Gasteiger partial charge in [-0.05, 0) is 32.9 Å². The van der Waals surface area contributed by atoms with Gasteiger partial charge in [-0.2, -0.15) is 0 Å². The molecule has 1 atom stereocenters. The van der Waals surface area contributed by atoms with Gasteiger partial charge in [0.05, 0.1) is 4.92 Å². The number of rotatable bonds is 5. The summed E-state index contributed by atoms with van der Waals surface area (Å²) in [5, 5.41) is 13.3. The zero-order chi connectivity index (χ0) is 17.9. The van der Waals surface area contributed by atoms with Crippen LogP contribution in [0, 0.1) is 24.0 Å². The third kappa shape index (κ3) is 3.78. The molecule has 2 aromatic rings. The highest BCUT2D eigenvalue weighted by Gasteiger charge is 2.24. The van der Waals surface area contributed by atoms with E-state index in [9.17, 15) is 19.7 Å². The molecule has 0 saturated heterocycles. The topological polar surface area (TPSA) is 112 Å². The lowest BCUT2D eigenvalue weighted by Gasteiger charge is -2.13. The maximum Gasteiger partial charge on any atom is 0.342 e. The predicted octanol–water partition coefficient (Wildman–Crippen LogP) is 2.99. The number of esters is 1. The summed E-state index contributed by atoms with van der Waals surface area (Å²) < 4.78 is 10.3. The first kappa shape index (κ1) is 17.2. The van der Waals surface area contributed by atoms with Crippen molar-refractivity contribution < 1.29 is 23.7 Å². The zero-order valence-electron chi connectivity index (χ0n) is 13.4. The minimum atomic E-state index is -1.13. The largest absolute Gasteiger partial charge is 0.466 e. The Morgan fingerprint density at radius 2 is 1.96 bits per heavy atom. The van der Waals surface area contributed by atoms with Crippen LogP contribution in [0.5, 0.6) is 0 Å². The fourth-order valence-electron chi connectivity index (χ4n) is 2.08. The van der Waals surface area contributed by atoms with Crippen LogP contribution in [0.4, 0.5) is 11.4 Å². The van der Waals surface area contributed by atoms with E-state index in [0.717, 1.165) is 0 Å². The molecule has 0 aliphatic heterocycles. The molecule has 1 aromatic carbocycles. The number of benzene rings is 1. The molecule has 1 N–H and O–H groups in total. The normalized spacial score (nSPS) is 11.6. The lowest BCUT2D eigenvalue weighted by Crippen LogP contribution is -2.30. The van der Waals surface area contributed by atoms with Crippen LogP contribution in [0.1, 0.15) is 28.8 Å². The second kappa shape index (κ2) is 6.95. The molecule has 0 radical (unpaired) electrons. The van der Waals surface area contributed by atoms with Gasteiger partial charge in [0.1, 0.15) is 22.8 Å². The van der Waals surface area contributed by atoms with Crippen molar-refractivity contribution in [2.24, 2.45) is 0 Å². The van der Waals surface area contributed by atoms with Gasteiger partial charge in [-0.25, -0.2) is 4.79 Å². The Balaban J connectivity index is 2.06. The third-order valence-electron chi connectivity index (χ3n) is 3.27. The number of ether oxygens (including phenoxy) is 1. The predicted molar refractivity (Wildman–Crippen MR) is 84.8 cm³/mol. The van der Waals surface area contributed by atoms with E-state index >= 15 is 0 Å². The second-order valence-corrected chi connectivity index (χ2v) is 5.14. The molecule has 0 aliphatic rings. The lowest BCUT2D eigenvalue weighted by molar-refractivity contribution is -0.383. The highest BCUT2D eigenvalue weighted by molar-refractivity contribution is 5.98. The van der Waals surface area contributed by atoms with Crippen LogP contribution in [-0.4, -0.2) is 22.9 Å². The fourth-order valence-corrected chi connectivity index (χ4v) is 2.08. The Labute approximate surface area is 137 Å². The minimum absolute atomic E-state index is 0.0331. The van der Waals surface area contributed by atoms with E-state index < -0.39 is 22.9 Å². The van der Waals surface area contributed by atoms with E-state index in [1.165, 1.54) is 31.2 Å². The third-order valence-corrected chi connectivity index (χ3v) is 3.27. The number of anilines is 1. The Hall–Kier alpha value is -3.16. The summed E-state index contributed by atoms with van der Waals surface area (Å²) in [5.74, 6) is -0.426. The number of carbonyl (C=O) groups excluding carboxylic acids is 2. The van der Waals surface area contributed by atoms with Crippen LogP contribution >= 0.6 is 0 Å². The number of carbonyl (C=O) groups is 2. The van der Waals surface area contributed by atoms with Gasteiger partial charge in [0.2, 0.25) is 0 Å². The smallest absolute Gasteiger partial charge is 0.342 e. The van der Waals surface area contributed by atoms with Crippen molar-refractivity contribution in [3.05, 3.63) is 57.5 Å². The molecule has 0 bridgehead atoms. The molecule has 1 amide bonds. The van der Waals surface area contributed by atoms with Crippen LogP contribution < -0.4 is 5.32 Å². The standard InChI is InChI=1S/C16H16N2O6/c1-9-8-12(10(2)23-9)16(20)24-11(3)15(19)17-13-6-4-5-7-14(13)18(21)22/h4-8,11H,1-3H3,(H,17,19)/t11-/m0/s1. The molecule has 0 spiro atoms. The van der Waals surface area contributed by atoms with Crippen molar-refractivity contribution in [1.29, 1.82) is 0 Å². The van der Waals surface area contributed by atoms with Gasteiger partial charge in [-0.15, -0.1) is 0 Å². The average Bonchev–Trinajstić information content (AvgIpc) is 2.86. The molecule has 8 nitrogen and oxygen atoms in total. The van der Waals surface area contributed by atoms with E-state index in [1.807, 2.05) is 0 Å². The molecule has 0 aliphatic carbocycles. The maximum absolute atomic E-state index is 12.1. The van der Waals surface area contributed by atoms with Crippen LogP contribution in [0.2, 0.25) is 0 Å². The first-order valence-electron chi connectivity index (χ1n) is 7.12. The molecule has 24 heavy (non-hydrogen) atoms. The van der Waals surface area contributed by atoms with Gasteiger partial charge in [-0.3, -0.25) is 14.9 Å². The Morgan fingerprint density at radius 3 is 2.54 bits per heavy atom. The van der Waals surface area contributed by atoms with Gasteiger partial charge in [-0.1, -0.05) is 12.1 Å². The Kier molecular flexibility index (Phi) is 4.98. The second-order valence-electron chi connectivity index (χ2n) is 5.14. The summed E-state index contributed by atoms with van der Waals surface area (Å²) >= 11 is 0. The van der Waals surface area contributed by atoms with Crippen LogP contribution in [0.3, 0.4) is 0 Å². The van der Waals surface area contributed by atoms with Gasteiger partial charge in [0.15, 0.2) is 6.10 Å². The molecular formula is C16H16N2O6. The van der Waals surface area contributed by atoms with Crippen LogP contribution in [0.25, 0.3) is 0 Å². The SMILES string of the molecule is Cc1cc(C(=O)O[C@@H](C)C(=O)Nc2ccccc2[N+](=O)[O-])c(C)o1. The highest BCUT2D eigenvalue weighted by atomic mass is 16.6. The van der Waals surface area contributed by atoms with Gasteiger partial charge < -0.3 is 14.5 Å². The number of amides is 1. The fraction of sp³-hybridized carbons (Fsp3) is 0.250. The molecule has 1 heterocycles. The molecular weight excluding hydrogens is 316 g/mol. The summed E-state index contributed by atoms with van der Waals surface area (Å²) in [7, 11) is 0. The Morgan fingerprint density at radius 1 is 1.29 bits per heavy atom. The number of nitro benzene ring substituents is 1. The van der Waals surface area contributed by atoms with Gasteiger partial charge in [0.25, 0.3) is 11.6 Å². The molecule has 0 unspecified atom stereocenters. The first-order valence-corrected chi connectivity index (χ1v) is 7.12. The number of nitrogens with zero attached hydrogens (tertiary/aromatic N) is 1. The molecule has 1 aromatic heterocycles. The molecule has 0 fully saturated rings. The van der Waals surface area contributed by atoms with Gasteiger partial charge >= 0.3 is 5.97 Å². The number of hydrogen-bond donors (Lipinski definition) is 1. The van der Waals surface area contributed by atoms with E-state index in [4.69, 9.17) is 9.15 Å². The monoisotopic (exact) mass is 332 g/mol. The summed E-state index contributed by atoms with van der Waals surface area (Å²) in [6.07, 6.45) is -1.13. The lowest BCUT2D eigenvalue weighted by atomic mass is 10.2.